The maximum absolute atomic E-state index is 12.8. The summed E-state index contributed by atoms with van der Waals surface area (Å²) < 4.78 is 6.24. The van der Waals surface area contributed by atoms with Crippen LogP contribution in [0.2, 0.25) is 0 Å². The summed E-state index contributed by atoms with van der Waals surface area (Å²) in [5.41, 5.74) is 0.928. The van der Waals surface area contributed by atoms with Crippen molar-refractivity contribution in [3.63, 3.8) is 0 Å². The molecular formula is C22H26O4S3. The van der Waals surface area contributed by atoms with Gasteiger partial charge in [-0.05, 0) is 29.3 Å². The van der Waals surface area contributed by atoms with E-state index in [0.717, 1.165) is 11.1 Å². The Hall–Kier alpha value is -1.25. The van der Waals surface area contributed by atoms with Crippen LogP contribution in [-0.4, -0.2) is 39.7 Å². The molecule has 4 nitrogen and oxygen atoms in total. The first-order valence-electron chi connectivity index (χ1n) is 9.48. The molecule has 0 saturated heterocycles. The molecule has 1 aliphatic heterocycles. The summed E-state index contributed by atoms with van der Waals surface area (Å²) in [7, 11) is 0. The third-order valence-corrected chi connectivity index (χ3v) is 7.89. The van der Waals surface area contributed by atoms with E-state index in [1.54, 1.807) is 36.1 Å². The minimum atomic E-state index is -1.02. The lowest BCUT2D eigenvalue weighted by molar-refractivity contribution is -0.129. The maximum atomic E-state index is 12.8. The molecule has 0 spiro atoms. The topological polar surface area (TPSA) is 66.8 Å². The minimum absolute atomic E-state index is 0.0137. The second-order valence-electron chi connectivity index (χ2n) is 7.33. The van der Waals surface area contributed by atoms with Crippen molar-refractivity contribution in [2.75, 3.05) is 11.5 Å². The quantitative estimate of drug-likeness (QED) is 0.500. The SMILES string of the molecule is CC(C1=CC(=O)C(C)(c2ccccc2)O1)C(SC[C@@H](O)[C@@H](O)CS)c1ccsc1. The predicted molar refractivity (Wildman–Crippen MR) is 123 cm³/mol. The van der Waals surface area contributed by atoms with Gasteiger partial charge in [0, 0.05) is 34.3 Å². The molecular weight excluding hydrogens is 424 g/mol. The van der Waals surface area contributed by atoms with Crippen molar-refractivity contribution in [3.05, 3.63) is 70.1 Å². The van der Waals surface area contributed by atoms with Crippen LogP contribution < -0.4 is 0 Å². The Kier molecular flexibility index (Phi) is 7.51. The van der Waals surface area contributed by atoms with Crippen LogP contribution in [0.3, 0.4) is 0 Å². The van der Waals surface area contributed by atoms with Gasteiger partial charge in [-0.2, -0.15) is 35.7 Å². The summed E-state index contributed by atoms with van der Waals surface area (Å²) in [6, 6.07) is 11.6. The second-order valence-corrected chi connectivity index (χ2v) is 9.65. The first-order chi connectivity index (χ1) is 13.9. The van der Waals surface area contributed by atoms with E-state index in [1.807, 2.05) is 48.7 Å². The normalized spacial score (nSPS) is 23.2. The van der Waals surface area contributed by atoms with Gasteiger partial charge in [-0.1, -0.05) is 37.3 Å². The van der Waals surface area contributed by atoms with E-state index >= 15 is 0 Å². The number of carbonyl (C=O) groups excluding carboxylic acids is 1. The van der Waals surface area contributed by atoms with Gasteiger partial charge in [0.2, 0.25) is 5.78 Å². The molecule has 2 N–H and O–H groups in total. The maximum Gasteiger partial charge on any atom is 0.206 e. The number of benzene rings is 1. The summed E-state index contributed by atoms with van der Waals surface area (Å²) in [4.78, 5) is 12.8. The number of hydrogen-bond acceptors (Lipinski definition) is 7. The lowest BCUT2D eigenvalue weighted by atomic mass is 9.92. The van der Waals surface area contributed by atoms with E-state index in [9.17, 15) is 15.0 Å². The highest BCUT2D eigenvalue weighted by atomic mass is 32.2. The molecule has 0 saturated carbocycles. The first kappa shape index (κ1) is 22.4. The highest BCUT2D eigenvalue weighted by Crippen LogP contribution is 2.45. The molecule has 3 rings (SSSR count). The number of ketones is 1. The molecule has 1 aliphatic rings. The molecule has 1 aromatic heterocycles. The summed E-state index contributed by atoms with van der Waals surface area (Å²) in [6.07, 6.45) is -0.119. The largest absolute Gasteiger partial charge is 0.479 e. The van der Waals surface area contributed by atoms with Gasteiger partial charge < -0.3 is 14.9 Å². The van der Waals surface area contributed by atoms with Crippen molar-refractivity contribution in [3.8, 4) is 0 Å². The molecule has 2 aromatic rings. The summed E-state index contributed by atoms with van der Waals surface area (Å²) >= 11 is 7.21. The molecule has 7 heteroatoms. The van der Waals surface area contributed by atoms with Crippen LogP contribution in [0.1, 0.15) is 30.2 Å². The van der Waals surface area contributed by atoms with Crippen molar-refractivity contribution in [1.82, 2.24) is 0 Å². The molecule has 29 heavy (non-hydrogen) atoms. The number of carbonyl (C=O) groups is 1. The van der Waals surface area contributed by atoms with E-state index in [-0.39, 0.29) is 22.7 Å². The summed E-state index contributed by atoms with van der Waals surface area (Å²) in [5.74, 6) is 1.08. The van der Waals surface area contributed by atoms with Crippen LogP contribution in [0.15, 0.2) is 59.0 Å². The molecule has 1 aromatic carbocycles. The Morgan fingerprint density at radius 1 is 1.21 bits per heavy atom. The minimum Gasteiger partial charge on any atom is -0.479 e. The number of aliphatic hydroxyl groups is 2. The number of thiophene rings is 1. The van der Waals surface area contributed by atoms with Crippen LogP contribution in [0.5, 0.6) is 0 Å². The summed E-state index contributed by atoms with van der Waals surface area (Å²) in [6.45, 7) is 3.84. The Labute approximate surface area is 185 Å². The monoisotopic (exact) mass is 450 g/mol. The van der Waals surface area contributed by atoms with E-state index in [1.165, 1.54) is 0 Å². The summed E-state index contributed by atoms with van der Waals surface area (Å²) in [5, 5.41) is 24.1. The molecule has 0 fully saturated rings. The van der Waals surface area contributed by atoms with E-state index in [0.29, 0.717) is 11.5 Å². The third kappa shape index (κ3) is 4.91. The first-order valence-corrected chi connectivity index (χ1v) is 12.1. The molecule has 0 amide bonds. The van der Waals surface area contributed by atoms with Crippen molar-refractivity contribution in [1.29, 1.82) is 0 Å². The molecule has 0 bridgehead atoms. The molecule has 2 heterocycles. The fourth-order valence-corrected chi connectivity index (χ4v) is 5.73. The van der Waals surface area contributed by atoms with Crippen molar-refractivity contribution in [2.45, 2.75) is 36.9 Å². The van der Waals surface area contributed by atoms with Gasteiger partial charge in [0.05, 0.1) is 12.2 Å². The number of thiol groups is 1. The van der Waals surface area contributed by atoms with E-state index in [4.69, 9.17) is 4.74 Å². The van der Waals surface area contributed by atoms with E-state index in [2.05, 4.69) is 18.0 Å². The lowest BCUT2D eigenvalue weighted by Crippen LogP contribution is -2.31. The Balaban J connectivity index is 1.79. The average molecular weight is 451 g/mol. The Morgan fingerprint density at radius 3 is 2.55 bits per heavy atom. The van der Waals surface area contributed by atoms with Gasteiger partial charge in [0.1, 0.15) is 5.76 Å². The van der Waals surface area contributed by atoms with Crippen molar-refractivity contribution >= 4 is 41.5 Å². The highest BCUT2D eigenvalue weighted by Gasteiger charge is 2.44. The number of aliphatic hydroxyl groups excluding tert-OH is 2. The number of rotatable bonds is 9. The van der Waals surface area contributed by atoms with Crippen LogP contribution in [0.25, 0.3) is 0 Å². The lowest BCUT2D eigenvalue weighted by Gasteiger charge is -2.29. The highest BCUT2D eigenvalue weighted by molar-refractivity contribution is 7.99. The van der Waals surface area contributed by atoms with Gasteiger partial charge in [0.25, 0.3) is 0 Å². The predicted octanol–water partition coefficient (Wildman–Crippen LogP) is 4.21. The number of allylic oxidation sites excluding steroid dienone is 1. The van der Waals surface area contributed by atoms with Gasteiger partial charge in [0.15, 0.2) is 5.60 Å². The number of hydrogen-bond donors (Lipinski definition) is 3. The fourth-order valence-electron chi connectivity index (χ4n) is 3.31. The second kappa shape index (κ2) is 9.71. The zero-order chi connectivity index (χ0) is 21.0. The van der Waals surface area contributed by atoms with Crippen molar-refractivity contribution < 1.29 is 19.7 Å². The molecule has 3 unspecified atom stereocenters. The smallest absolute Gasteiger partial charge is 0.206 e. The number of thioether (sulfide) groups is 1. The van der Waals surface area contributed by atoms with Crippen molar-refractivity contribution in [2.24, 2.45) is 5.92 Å². The van der Waals surface area contributed by atoms with Gasteiger partial charge in [-0.15, -0.1) is 0 Å². The van der Waals surface area contributed by atoms with E-state index < -0.39 is 17.8 Å². The third-order valence-electron chi connectivity index (χ3n) is 5.24. The zero-order valence-electron chi connectivity index (χ0n) is 16.4. The molecule has 156 valence electrons. The van der Waals surface area contributed by atoms with Crippen LogP contribution >= 0.6 is 35.7 Å². The Morgan fingerprint density at radius 2 is 1.93 bits per heavy atom. The van der Waals surface area contributed by atoms with Crippen LogP contribution in [0.4, 0.5) is 0 Å². The van der Waals surface area contributed by atoms with Crippen LogP contribution in [0, 0.1) is 5.92 Å². The molecule has 0 aliphatic carbocycles. The standard InChI is InChI=1S/C22H26O4S3/c1-14(19-10-20(25)22(2,26-19)16-6-4-3-5-7-16)21(15-8-9-28-12-15)29-13-18(24)17(23)11-27/h3-10,12,14,17-18,21,23-24,27H,11,13H2,1-2H3/t14?,17-,18+,21?,22?/m0/s1. The zero-order valence-corrected chi connectivity index (χ0v) is 18.9. The van der Waals surface area contributed by atoms with Gasteiger partial charge in [-0.3, -0.25) is 4.79 Å². The fraction of sp³-hybridized carbons (Fsp3) is 0.409. The molecule has 0 radical (unpaired) electrons. The number of ether oxygens (including phenoxy) is 1. The average Bonchev–Trinajstić information content (AvgIpc) is 3.37. The van der Waals surface area contributed by atoms with Gasteiger partial charge >= 0.3 is 0 Å². The Bertz CT molecular complexity index is 837. The molecule has 5 atom stereocenters. The van der Waals surface area contributed by atoms with Gasteiger partial charge in [-0.25, -0.2) is 0 Å². The van der Waals surface area contributed by atoms with Crippen LogP contribution in [-0.2, 0) is 15.1 Å².